The van der Waals surface area contributed by atoms with E-state index in [1.807, 2.05) is 19.1 Å². The van der Waals surface area contributed by atoms with E-state index in [1.54, 1.807) is 0 Å². The van der Waals surface area contributed by atoms with Crippen LogP contribution < -0.4 is 15.8 Å². The van der Waals surface area contributed by atoms with Crippen molar-refractivity contribution in [3.8, 4) is 5.75 Å². The Morgan fingerprint density at radius 3 is 2.37 bits per heavy atom. The van der Waals surface area contributed by atoms with E-state index in [9.17, 15) is 4.79 Å². The molecule has 4 heteroatoms. The van der Waals surface area contributed by atoms with Gasteiger partial charge in [-0.15, -0.1) is 0 Å². The molecule has 0 aliphatic carbocycles. The summed E-state index contributed by atoms with van der Waals surface area (Å²) in [6.07, 6.45) is 0. The Morgan fingerprint density at radius 2 is 1.89 bits per heavy atom. The Labute approximate surface area is 115 Å². The number of hydrogen-bond acceptors (Lipinski definition) is 3. The quantitative estimate of drug-likeness (QED) is 0.852. The molecule has 1 rings (SSSR count). The topological polar surface area (TPSA) is 64.3 Å². The molecule has 0 aromatic heterocycles. The summed E-state index contributed by atoms with van der Waals surface area (Å²) >= 11 is 0. The lowest BCUT2D eigenvalue weighted by atomic mass is 9.87. The zero-order chi connectivity index (χ0) is 14.5. The van der Waals surface area contributed by atoms with Crippen molar-refractivity contribution in [3.63, 3.8) is 0 Å². The van der Waals surface area contributed by atoms with Crippen molar-refractivity contribution in [2.45, 2.75) is 39.2 Å². The lowest BCUT2D eigenvalue weighted by molar-refractivity contribution is -0.120. The minimum absolute atomic E-state index is 0.00458. The summed E-state index contributed by atoms with van der Waals surface area (Å²) in [6, 6.07) is 7.99. The van der Waals surface area contributed by atoms with Crippen molar-refractivity contribution in [3.05, 3.63) is 29.8 Å². The molecule has 3 N–H and O–H groups in total. The average molecular weight is 264 g/mol. The standard InChI is InChI=1S/C15H24N2O2/c1-11(17-14(18)9-16)10-19-13-7-5-12(6-8-13)15(2,3)4/h5-8,11H,9-10,16H2,1-4H3,(H,17,18). The van der Waals surface area contributed by atoms with Crippen molar-refractivity contribution in [1.29, 1.82) is 0 Å². The maximum Gasteiger partial charge on any atom is 0.234 e. The van der Waals surface area contributed by atoms with E-state index >= 15 is 0 Å². The summed E-state index contributed by atoms with van der Waals surface area (Å²) in [6.45, 7) is 8.84. The summed E-state index contributed by atoms with van der Waals surface area (Å²) in [5.41, 5.74) is 6.64. The zero-order valence-corrected chi connectivity index (χ0v) is 12.2. The zero-order valence-electron chi connectivity index (χ0n) is 12.2. The first-order valence-electron chi connectivity index (χ1n) is 6.55. The first-order chi connectivity index (χ1) is 8.82. The van der Waals surface area contributed by atoms with E-state index in [0.717, 1.165) is 5.75 Å². The summed E-state index contributed by atoms with van der Waals surface area (Å²) in [5.74, 6) is 0.640. The predicted molar refractivity (Wildman–Crippen MR) is 77.3 cm³/mol. The third-order valence-corrected chi connectivity index (χ3v) is 2.81. The fourth-order valence-electron chi connectivity index (χ4n) is 1.65. The fraction of sp³-hybridized carbons (Fsp3) is 0.533. The minimum atomic E-state index is -0.167. The number of hydrogen-bond donors (Lipinski definition) is 2. The smallest absolute Gasteiger partial charge is 0.234 e. The molecule has 1 aromatic rings. The molecule has 0 bridgehead atoms. The van der Waals surface area contributed by atoms with Crippen LogP contribution in [0, 0.1) is 0 Å². The number of amides is 1. The number of benzene rings is 1. The molecule has 0 aliphatic heterocycles. The van der Waals surface area contributed by atoms with E-state index in [2.05, 4.69) is 38.2 Å². The van der Waals surface area contributed by atoms with Crippen LogP contribution in [0.4, 0.5) is 0 Å². The maximum atomic E-state index is 11.1. The van der Waals surface area contributed by atoms with Gasteiger partial charge in [0.05, 0.1) is 12.6 Å². The van der Waals surface area contributed by atoms with Crippen LogP contribution in [0.25, 0.3) is 0 Å². The molecular formula is C15H24N2O2. The van der Waals surface area contributed by atoms with Gasteiger partial charge in [-0.1, -0.05) is 32.9 Å². The second-order valence-electron chi connectivity index (χ2n) is 5.76. The van der Waals surface area contributed by atoms with E-state index in [0.29, 0.717) is 6.61 Å². The van der Waals surface area contributed by atoms with Crippen molar-refractivity contribution in [1.82, 2.24) is 5.32 Å². The molecule has 0 radical (unpaired) electrons. The van der Waals surface area contributed by atoms with E-state index < -0.39 is 0 Å². The van der Waals surface area contributed by atoms with Crippen LogP contribution in [0.1, 0.15) is 33.3 Å². The molecule has 0 heterocycles. The van der Waals surface area contributed by atoms with Crippen molar-refractivity contribution >= 4 is 5.91 Å². The summed E-state index contributed by atoms with van der Waals surface area (Å²) in [4.78, 5) is 11.1. The van der Waals surface area contributed by atoms with Gasteiger partial charge in [-0.3, -0.25) is 4.79 Å². The lowest BCUT2D eigenvalue weighted by Crippen LogP contribution is -2.40. The summed E-state index contributed by atoms with van der Waals surface area (Å²) in [5, 5.41) is 2.75. The second-order valence-corrected chi connectivity index (χ2v) is 5.76. The highest BCUT2D eigenvalue weighted by molar-refractivity contribution is 5.77. The predicted octanol–water partition coefficient (Wildman–Crippen LogP) is 1.83. The summed E-state index contributed by atoms with van der Waals surface area (Å²) < 4.78 is 5.63. The Kier molecular flexibility index (Phi) is 5.36. The van der Waals surface area contributed by atoms with Crippen LogP contribution >= 0.6 is 0 Å². The van der Waals surface area contributed by atoms with Crippen LogP contribution in [0.5, 0.6) is 5.75 Å². The first-order valence-corrected chi connectivity index (χ1v) is 6.55. The number of carbonyl (C=O) groups is 1. The highest BCUT2D eigenvalue weighted by atomic mass is 16.5. The largest absolute Gasteiger partial charge is 0.491 e. The Bertz CT molecular complexity index is 407. The normalized spacial score (nSPS) is 12.9. The monoisotopic (exact) mass is 264 g/mol. The molecule has 106 valence electrons. The Morgan fingerprint density at radius 1 is 1.32 bits per heavy atom. The SMILES string of the molecule is CC(COc1ccc(C(C)(C)C)cc1)NC(=O)CN. The molecule has 0 saturated carbocycles. The number of ether oxygens (including phenoxy) is 1. The molecular weight excluding hydrogens is 240 g/mol. The first kappa shape index (κ1) is 15.5. The molecule has 4 nitrogen and oxygen atoms in total. The van der Waals surface area contributed by atoms with Gasteiger partial charge in [0.25, 0.3) is 0 Å². The van der Waals surface area contributed by atoms with Crippen molar-refractivity contribution in [2.75, 3.05) is 13.2 Å². The minimum Gasteiger partial charge on any atom is -0.491 e. The molecule has 1 amide bonds. The molecule has 0 aliphatic rings. The van der Waals surface area contributed by atoms with Gasteiger partial charge in [-0.25, -0.2) is 0 Å². The van der Waals surface area contributed by atoms with Gasteiger partial charge >= 0.3 is 0 Å². The molecule has 0 spiro atoms. The van der Waals surface area contributed by atoms with E-state index in [4.69, 9.17) is 10.5 Å². The molecule has 0 fully saturated rings. The van der Waals surface area contributed by atoms with Gasteiger partial charge in [-0.05, 0) is 30.0 Å². The number of carbonyl (C=O) groups excluding carboxylic acids is 1. The number of nitrogens with one attached hydrogen (secondary N) is 1. The lowest BCUT2D eigenvalue weighted by Gasteiger charge is -2.19. The van der Waals surface area contributed by atoms with Crippen molar-refractivity contribution in [2.24, 2.45) is 5.73 Å². The Balaban J connectivity index is 2.48. The Hall–Kier alpha value is -1.55. The van der Waals surface area contributed by atoms with Gasteiger partial charge in [0.1, 0.15) is 12.4 Å². The third-order valence-electron chi connectivity index (χ3n) is 2.81. The highest BCUT2D eigenvalue weighted by Crippen LogP contribution is 2.24. The maximum absolute atomic E-state index is 11.1. The molecule has 1 atom stereocenters. The van der Waals surface area contributed by atoms with Gasteiger partial charge < -0.3 is 15.8 Å². The molecule has 1 unspecified atom stereocenters. The van der Waals surface area contributed by atoms with Crippen LogP contribution in [0.2, 0.25) is 0 Å². The summed E-state index contributed by atoms with van der Waals surface area (Å²) in [7, 11) is 0. The van der Waals surface area contributed by atoms with Crippen LogP contribution in [0.3, 0.4) is 0 Å². The fourth-order valence-corrected chi connectivity index (χ4v) is 1.65. The van der Waals surface area contributed by atoms with E-state index in [1.165, 1.54) is 5.56 Å². The third kappa shape index (κ3) is 5.30. The molecule has 1 aromatic carbocycles. The number of rotatable bonds is 5. The van der Waals surface area contributed by atoms with Crippen LogP contribution in [0.15, 0.2) is 24.3 Å². The number of nitrogens with two attached hydrogens (primary N) is 1. The van der Waals surface area contributed by atoms with Gasteiger partial charge in [0.2, 0.25) is 5.91 Å². The second kappa shape index (κ2) is 6.57. The van der Waals surface area contributed by atoms with Crippen LogP contribution in [-0.2, 0) is 10.2 Å². The molecule has 19 heavy (non-hydrogen) atoms. The average Bonchev–Trinajstić information content (AvgIpc) is 2.35. The van der Waals surface area contributed by atoms with Gasteiger partial charge in [0.15, 0.2) is 0 Å². The molecule has 0 saturated heterocycles. The van der Waals surface area contributed by atoms with E-state index in [-0.39, 0.29) is 23.9 Å². The van der Waals surface area contributed by atoms with Crippen LogP contribution in [-0.4, -0.2) is 25.1 Å². The highest BCUT2D eigenvalue weighted by Gasteiger charge is 2.13. The van der Waals surface area contributed by atoms with Gasteiger partial charge in [0, 0.05) is 0 Å². The van der Waals surface area contributed by atoms with Crippen molar-refractivity contribution < 1.29 is 9.53 Å². The van der Waals surface area contributed by atoms with Gasteiger partial charge in [-0.2, -0.15) is 0 Å².